The smallest absolute Gasteiger partial charge is 0.263 e. The molecule has 0 aliphatic rings. The maximum absolute atomic E-state index is 14.2. The first-order chi connectivity index (χ1) is 21.3. The zero-order chi connectivity index (χ0) is 31.2. The molecule has 0 saturated heterocycles. The first-order valence-electron chi connectivity index (χ1n) is 15.0. The van der Waals surface area contributed by atoms with Gasteiger partial charge in [-0.2, -0.15) is 0 Å². The molecule has 0 spiro atoms. The van der Waals surface area contributed by atoms with Gasteiger partial charge < -0.3 is 23.7 Å². The minimum atomic E-state index is -0.367. The fourth-order valence-corrected chi connectivity index (χ4v) is 5.39. The predicted molar refractivity (Wildman–Crippen MR) is 176 cm³/mol. The molecule has 0 aliphatic carbocycles. The molecule has 0 saturated carbocycles. The summed E-state index contributed by atoms with van der Waals surface area (Å²) >= 11 is 0. The minimum absolute atomic E-state index is 0.0660. The third kappa shape index (κ3) is 6.62. The number of hydrogen-bond acceptors (Lipinski definition) is 5. The van der Waals surface area contributed by atoms with Crippen LogP contribution in [0, 0.1) is 13.8 Å². The Balaban J connectivity index is 1.69. The Morgan fingerprint density at radius 1 is 0.750 bits per heavy atom. The van der Waals surface area contributed by atoms with E-state index in [4.69, 9.17) is 14.2 Å². The molecule has 0 N–H and O–H groups in total. The molecule has 0 aliphatic heterocycles. The number of pyridine rings is 1. The zero-order valence-corrected chi connectivity index (χ0v) is 25.9. The minimum Gasteiger partial charge on any atom is -0.494 e. The van der Waals surface area contributed by atoms with Gasteiger partial charge in [0.1, 0.15) is 29.4 Å². The van der Waals surface area contributed by atoms with Gasteiger partial charge in [0.25, 0.3) is 5.91 Å². The second kappa shape index (κ2) is 13.5. The number of ether oxygens (including phenoxy) is 3. The highest BCUT2D eigenvalue weighted by Crippen LogP contribution is 2.30. The summed E-state index contributed by atoms with van der Waals surface area (Å²) in [6.45, 7) is 11.5. The van der Waals surface area contributed by atoms with E-state index < -0.39 is 0 Å². The van der Waals surface area contributed by atoms with E-state index in [1.165, 1.54) is 0 Å². The zero-order valence-electron chi connectivity index (χ0n) is 25.9. The van der Waals surface area contributed by atoms with Gasteiger partial charge in [0.15, 0.2) is 0 Å². The molecular formula is C37H38N2O5. The molecule has 44 heavy (non-hydrogen) atoms. The molecule has 1 amide bonds. The van der Waals surface area contributed by atoms with Gasteiger partial charge in [-0.25, -0.2) is 0 Å². The van der Waals surface area contributed by atoms with Crippen LogP contribution in [0.5, 0.6) is 17.2 Å². The van der Waals surface area contributed by atoms with E-state index in [0.29, 0.717) is 60.2 Å². The van der Waals surface area contributed by atoms with Gasteiger partial charge in [-0.3, -0.25) is 9.59 Å². The lowest BCUT2D eigenvalue weighted by Crippen LogP contribution is -2.35. The van der Waals surface area contributed by atoms with Gasteiger partial charge in [-0.1, -0.05) is 36.4 Å². The summed E-state index contributed by atoms with van der Waals surface area (Å²) in [4.78, 5) is 29.8. The van der Waals surface area contributed by atoms with Crippen molar-refractivity contribution in [3.05, 3.63) is 124 Å². The van der Waals surface area contributed by atoms with Crippen molar-refractivity contribution < 1.29 is 19.0 Å². The summed E-state index contributed by atoms with van der Waals surface area (Å²) in [7, 11) is 0. The normalized spacial score (nSPS) is 10.9. The molecule has 1 aromatic heterocycles. The first kappa shape index (κ1) is 30.4. The largest absolute Gasteiger partial charge is 0.494 e. The standard InChI is InChI=1S/C37H38N2O5/c1-6-38(28-17-25(4)16-26(5)18-28)37(41)34-23-39(29-19-31(42-7-2)21-32(20-29)43-8-3)35-22-30(14-15-33(35)36(34)40)44-24-27-12-10-9-11-13-27/h9-23H,6-8,24H2,1-5H3. The van der Waals surface area contributed by atoms with Crippen LogP contribution in [0.25, 0.3) is 16.6 Å². The van der Waals surface area contributed by atoms with E-state index >= 15 is 0 Å². The average molecular weight is 591 g/mol. The topological polar surface area (TPSA) is 70.0 Å². The van der Waals surface area contributed by atoms with Crippen LogP contribution in [-0.4, -0.2) is 30.2 Å². The molecule has 0 atom stereocenters. The quantitative estimate of drug-likeness (QED) is 0.158. The molecule has 226 valence electrons. The van der Waals surface area contributed by atoms with Crippen molar-refractivity contribution in [2.75, 3.05) is 24.7 Å². The molecule has 7 nitrogen and oxygen atoms in total. The van der Waals surface area contributed by atoms with E-state index in [9.17, 15) is 9.59 Å². The van der Waals surface area contributed by atoms with Gasteiger partial charge in [0.2, 0.25) is 5.43 Å². The Hall–Kier alpha value is -5.04. The van der Waals surface area contributed by atoms with E-state index in [1.807, 2.05) is 106 Å². The average Bonchev–Trinajstić information content (AvgIpc) is 3.01. The third-order valence-corrected chi connectivity index (χ3v) is 7.30. The molecule has 0 radical (unpaired) electrons. The summed E-state index contributed by atoms with van der Waals surface area (Å²) in [5, 5.41) is 0.402. The molecule has 5 aromatic rings. The fraction of sp³-hybridized carbons (Fsp3) is 0.243. The number of amides is 1. The van der Waals surface area contributed by atoms with Crippen molar-refractivity contribution in [1.82, 2.24) is 4.57 Å². The van der Waals surface area contributed by atoms with E-state index in [-0.39, 0.29) is 16.9 Å². The third-order valence-electron chi connectivity index (χ3n) is 7.30. The maximum atomic E-state index is 14.2. The number of carbonyl (C=O) groups is 1. The summed E-state index contributed by atoms with van der Waals surface area (Å²) in [5.41, 5.74) is 4.88. The Morgan fingerprint density at radius 3 is 2.02 bits per heavy atom. The van der Waals surface area contributed by atoms with Crippen molar-refractivity contribution in [3.8, 4) is 22.9 Å². The Morgan fingerprint density at radius 2 is 1.41 bits per heavy atom. The molecule has 0 bridgehead atoms. The van der Waals surface area contributed by atoms with Crippen LogP contribution >= 0.6 is 0 Å². The highest BCUT2D eigenvalue weighted by atomic mass is 16.5. The van der Waals surface area contributed by atoms with Gasteiger partial charge in [0.05, 0.1) is 24.4 Å². The number of benzene rings is 4. The predicted octanol–water partition coefficient (Wildman–Crippen LogP) is 7.65. The summed E-state index contributed by atoms with van der Waals surface area (Å²) in [6, 6.07) is 26.8. The number of nitrogens with zero attached hydrogens (tertiary/aromatic N) is 2. The SMILES string of the molecule is CCOc1cc(OCC)cc(-n2cc(C(=O)N(CC)c3cc(C)cc(C)c3)c(=O)c3ccc(OCc4ccccc4)cc32)c1. The van der Waals surface area contributed by atoms with Crippen molar-refractivity contribution >= 4 is 22.5 Å². The van der Waals surface area contributed by atoms with Gasteiger partial charge >= 0.3 is 0 Å². The lowest BCUT2D eigenvalue weighted by molar-refractivity contribution is 0.0987. The van der Waals surface area contributed by atoms with Gasteiger partial charge in [0, 0.05) is 48.1 Å². The van der Waals surface area contributed by atoms with Crippen molar-refractivity contribution in [2.24, 2.45) is 0 Å². The lowest BCUT2D eigenvalue weighted by atomic mass is 10.1. The second-order valence-corrected chi connectivity index (χ2v) is 10.6. The highest BCUT2D eigenvalue weighted by Gasteiger charge is 2.23. The number of rotatable bonds is 11. The van der Waals surface area contributed by atoms with E-state index in [2.05, 4.69) is 6.07 Å². The van der Waals surface area contributed by atoms with Gasteiger partial charge in [-0.05, 0) is 75.6 Å². The number of fused-ring (bicyclic) bond motifs is 1. The van der Waals surface area contributed by atoms with Crippen molar-refractivity contribution in [3.63, 3.8) is 0 Å². The second-order valence-electron chi connectivity index (χ2n) is 10.6. The van der Waals surface area contributed by atoms with E-state index in [0.717, 1.165) is 22.4 Å². The number of hydrogen-bond donors (Lipinski definition) is 0. The molecule has 0 unspecified atom stereocenters. The van der Waals surface area contributed by atoms with Crippen LogP contribution < -0.4 is 24.5 Å². The van der Waals surface area contributed by atoms with E-state index in [1.54, 1.807) is 23.2 Å². The summed E-state index contributed by atoms with van der Waals surface area (Å²) in [6.07, 6.45) is 1.63. The Kier molecular flexibility index (Phi) is 9.34. The Bertz CT molecular complexity index is 1800. The van der Waals surface area contributed by atoms with Crippen LogP contribution in [0.3, 0.4) is 0 Å². The van der Waals surface area contributed by atoms with Crippen molar-refractivity contribution in [2.45, 2.75) is 41.2 Å². The molecule has 4 aromatic carbocycles. The molecule has 1 heterocycles. The number of carbonyl (C=O) groups excluding carboxylic acids is 1. The fourth-order valence-electron chi connectivity index (χ4n) is 5.39. The van der Waals surface area contributed by atoms with Crippen molar-refractivity contribution in [1.29, 1.82) is 0 Å². The maximum Gasteiger partial charge on any atom is 0.263 e. The number of anilines is 1. The number of aryl methyl sites for hydroxylation is 2. The van der Waals surface area contributed by atoms with Crippen LogP contribution in [0.4, 0.5) is 5.69 Å². The van der Waals surface area contributed by atoms with Crippen LogP contribution in [0.15, 0.2) is 95.9 Å². The number of aromatic nitrogens is 1. The molecule has 0 fully saturated rings. The lowest BCUT2D eigenvalue weighted by Gasteiger charge is -2.23. The van der Waals surface area contributed by atoms with Crippen LogP contribution in [-0.2, 0) is 6.61 Å². The Labute approximate surface area is 258 Å². The highest BCUT2D eigenvalue weighted by molar-refractivity contribution is 6.07. The van der Waals surface area contributed by atoms with Crippen LogP contribution in [0.1, 0.15) is 47.8 Å². The molecule has 7 heteroatoms. The summed E-state index contributed by atoms with van der Waals surface area (Å²) < 4.78 is 19.7. The summed E-state index contributed by atoms with van der Waals surface area (Å²) in [5.74, 6) is 1.48. The first-order valence-corrected chi connectivity index (χ1v) is 15.0. The van der Waals surface area contributed by atoms with Gasteiger partial charge in [-0.15, -0.1) is 0 Å². The monoisotopic (exact) mass is 590 g/mol. The van der Waals surface area contributed by atoms with Crippen LogP contribution in [0.2, 0.25) is 0 Å². The molecule has 5 rings (SSSR count). The molecular weight excluding hydrogens is 552 g/mol.